The van der Waals surface area contributed by atoms with Crippen LogP contribution >= 0.6 is 0 Å². The number of fused-ring (bicyclic) bond motifs is 1. The summed E-state index contributed by atoms with van der Waals surface area (Å²) in [5.41, 5.74) is 0.895. The maximum atomic E-state index is 12.6. The number of likely N-dealkylation sites (tertiary alicyclic amines) is 1. The third-order valence-corrected chi connectivity index (χ3v) is 5.52. The molecule has 1 aromatic carbocycles. The molecular formula is C20H27NO7. The first-order valence-corrected chi connectivity index (χ1v) is 9.70. The largest absolute Gasteiger partial charge is 0.445 e. The van der Waals surface area contributed by atoms with Crippen LogP contribution < -0.4 is 0 Å². The summed E-state index contributed by atoms with van der Waals surface area (Å²) < 4.78 is 22.4. The Kier molecular flexibility index (Phi) is 5.32. The topological polar surface area (TPSA) is 97.7 Å². The van der Waals surface area contributed by atoms with Gasteiger partial charge in [-0.25, -0.2) is 4.79 Å². The second kappa shape index (κ2) is 7.61. The van der Waals surface area contributed by atoms with Crippen molar-refractivity contribution in [3.63, 3.8) is 0 Å². The molecule has 3 saturated heterocycles. The summed E-state index contributed by atoms with van der Waals surface area (Å²) in [6.45, 7) is 4.15. The molecule has 8 nitrogen and oxygen atoms in total. The first kappa shape index (κ1) is 19.6. The van der Waals surface area contributed by atoms with Crippen LogP contribution in [0.25, 0.3) is 0 Å². The zero-order valence-corrected chi connectivity index (χ0v) is 16.1. The minimum absolute atomic E-state index is 0.169. The van der Waals surface area contributed by atoms with E-state index in [1.54, 1.807) is 13.8 Å². The average molecular weight is 393 g/mol. The maximum Gasteiger partial charge on any atom is 0.410 e. The Morgan fingerprint density at radius 1 is 1.32 bits per heavy atom. The van der Waals surface area contributed by atoms with Crippen LogP contribution in [0.5, 0.6) is 0 Å². The van der Waals surface area contributed by atoms with Crippen molar-refractivity contribution in [2.24, 2.45) is 0 Å². The fourth-order valence-electron chi connectivity index (χ4n) is 4.19. The van der Waals surface area contributed by atoms with Gasteiger partial charge in [-0.05, 0) is 32.3 Å². The first-order valence-electron chi connectivity index (χ1n) is 9.70. The summed E-state index contributed by atoms with van der Waals surface area (Å²) in [4.78, 5) is 14.1. The number of hydrogen-bond acceptors (Lipinski definition) is 7. The predicted molar refractivity (Wildman–Crippen MR) is 97.1 cm³/mol. The van der Waals surface area contributed by atoms with Crippen LogP contribution in [-0.4, -0.2) is 70.3 Å². The highest BCUT2D eigenvalue weighted by Crippen LogP contribution is 2.39. The summed E-state index contributed by atoms with van der Waals surface area (Å²) in [6, 6.07) is 8.93. The summed E-state index contributed by atoms with van der Waals surface area (Å²) in [5, 5.41) is 21.4. The molecule has 6 atom stereocenters. The van der Waals surface area contributed by atoms with E-state index < -0.39 is 48.6 Å². The number of ether oxygens (including phenoxy) is 4. The summed E-state index contributed by atoms with van der Waals surface area (Å²) in [7, 11) is 0. The second-order valence-electron chi connectivity index (χ2n) is 7.99. The lowest BCUT2D eigenvalue weighted by Crippen LogP contribution is -2.51. The van der Waals surface area contributed by atoms with Gasteiger partial charge in [0.15, 0.2) is 12.1 Å². The van der Waals surface area contributed by atoms with E-state index in [4.69, 9.17) is 18.9 Å². The fraction of sp³-hybridized carbons (Fsp3) is 0.650. The molecule has 0 aromatic heterocycles. The number of hydrogen-bond donors (Lipinski definition) is 2. The van der Waals surface area contributed by atoms with Gasteiger partial charge in [0, 0.05) is 6.54 Å². The lowest BCUT2D eigenvalue weighted by molar-refractivity contribution is -0.228. The zero-order chi connectivity index (χ0) is 19.9. The molecule has 0 radical (unpaired) electrons. The van der Waals surface area contributed by atoms with Gasteiger partial charge in [-0.15, -0.1) is 0 Å². The molecule has 0 saturated carbocycles. The summed E-state index contributed by atoms with van der Waals surface area (Å²) in [5.74, 6) is -0.840. The first-order chi connectivity index (χ1) is 13.4. The molecule has 1 aromatic rings. The van der Waals surface area contributed by atoms with E-state index in [-0.39, 0.29) is 6.61 Å². The van der Waals surface area contributed by atoms with Crippen molar-refractivity contribution in [3.05, 3.63) is 35.9 Å². The molecule has 28 heavy (non-hydrogen) atoms. The Morgan fingerprint density at radius 3 is 2.79 bits per heavy atom. The van der Waals surface area contributed by atoms with Crippen molar-refractivity contribution in [2.45, 2.75) is 75.8 Å². The number of amides is 1. The number of carbonyl (C=O) groups excluding carboxylic acids is 1. The number of carbonyl (C=O) groups is 1. The highest BCUT2D eigenvalue weighted by Gasteiger charge is 2.57. The van der Waals surface area contributed by atoms with Crippen molar-refractivity contribution in [3.8, 4) is 0 Å². The van der Waals surface area contributed by atoms with E-state index >= 15 is 0 Å². The molecule has 0 bridgehead atoms. The quantitative estimate of drug-likeness (QED) is 0.798. The van der Waals surface area contributed by atoms with Gasteiger partial charge in [-0.2, -0.15) is 0 Å². The van der Waals surface area contributed by atoms with Gasteiger partial charge in [0.2, 0.25) is 0 Å². The van der Waals surface area contributed by atoms with Gasteiger partial charge < -0.3 is 34.1 Å². The monoisotopic (exact) mass is 393 g/mol. The van der Waals surface area contributed by atoms with Gasteiger partial charge >= 0.3 is 6.09 Å². The molecule has 3 heterocycles. The molecule has 2 N–H and O–H groups in total. The van der Waals surface area contributed by atoms with E-state index in [0.29, 0.717) is 13.0 Å². The van der Waals surface area contributed by atoms with Crippen LogP contribution in [0, 0.1) is 0 Å². The van der Waals surface area contributed by atoms with Gasteiger partial charge in [-0.1, -0.05) is 30.3 Å². The average Bonchev–Trinajstić information content (AvgIpc) is 3.34. The summed E-state index contributed by atoms with van der Waals surface area (Å²) >= 11 is 0. The Balaban J connectivity index is 1.37. The van der Waals surface area contributed by atoms with E-state index in [0.717, 1.165) is 12.0 Å². The van der Waals surface area contributed by atoms with Gasteiger partial charge in [0.25, 0.3) is 0 Å². The minimum Gasteiger partial charge on any atom is -0.445 e. The Hall–Kier alpha value is -1.71. The molecule has 4 rings (SSSR count). The number of aliphatic hydroxyl groups excluding tert-OH is 2. The molecule has 1 amide bonds. The van der Waals surface area contributed by atoms with Crippen LogP contribution in [-0.2, 0) is 25.6 Å². The molecular weight excluding hydrogens is 366 g/mol. The molecule has 0 aliphatic carbocycles. The highest BCUT2D eigenvalue weighted by molar-refractivity contribution is 5.68. The normalized spacial score (nSPS) is 35.0. The van der Waals surface area contributed by atoms with E-state index in [2.05, 4.69) is 0 Å². The van der Waals surface area contributed by atoms with Crippen molar-refractivity contribution in [1.29, 1.82) is 0 Å². The molecule has 0 unspecified atom stereocenters. The smallest absolute Gasteiger partial charge is 0.410 e. The van der Waals surface area contributed by atoms with Gasteiger partial charge in [-0.3, -0.25) is 0 Å². The number of rotatable bonds is 4. The third kappa shape index (κ3) is 3.75. The van der Waals surface area contributed by atoms with Crippen LogP contribution in [0.3, 0.4) is 0 Å². The van der Waals surface area contributed by atoms with Crippen LogP contribution in [0.15, 0.2) is 30.3 Å². The third-order valence-electron chi connectivity index (χ3n) is 5.52. The SMILES string of the molecule is CC1(C)O[C@H]2O[C@H]([C@@H](O)[C@@H]3CCCN3C(=O)OCc3ccccc3)[C@H](O)[C@H]2O1. The van der Waals surface area contributed by atoms with Crippen LogP contribution in [0.1, 0.15) is 32.3 Å². The predicted octanol–water partition coefficient (Wildman–Crippen LogP) is 1.39. The van der Waals surface area contributed by atoms with Crippen LogP contribution in [0.4, 0.5) is 4.79 Å². The molecule has 154 valence electrons. The fourth-order valence-corrected chi connectivity index (χ4v) is 4.19. The Labute approximate surface area is 163 Å². The Bertz CT molecular complexity index is 697. The van der Waals surface area contributed by atoms with Crippen molar-refractivity contribution in [2.75, 3.05) is 6.54 Å². The lowest BCUT2D eigenvalue weighted by atomic mass is 9.98. The number of nitrogens with zero attached hydrogens (tertiary/aromatic N) is 1. The van der Waals surface area contributed by atoms with Crippen molar-refractivity contribution >= 4 is 6.09 Å². The van der Waals surface area contributed by atoms with E-state index in [9.17, 15) is 15.0 Å². The van der Waals surface area contributed by atoms with Gasteiger partial charge in [0.05, 0.1) is 6.04 Å². The standard InChI is InChI=1S/C20H27NO7/c1-20(2)27-17-15(23)16(26-18(17)28-20)14(22)13-9-6-10-21(13)19(24)25-11-12-7-4-3-5-8-12/h3-5,7-8,13-18,22-23H,6,9-11H2,1-2H3/t13-,14-,15-,16+,17+,18+/m0/s1. The van der Waals surface area contributed by atoms with Gasteiger partial charge in [0.1, 0.15) is 31.0 Å². The summed E-state index contributed by atoms with van der Waals surface area (Å²) in [6.07, 6.45) is -3.51. The van der Waals surface area contributed by atoms with E-state index in [1.807, 2.05) is 30.3 Å². The maximum absolute atomic E-state index is 12.6. The molecule has 3 fully saturated rings. The lowest BCUT2D eigenvalue weighted by Gasteiger charge is -2.33. The highest BCUT2D eigenvalue weighted by atomic mass is 16.8. The molecule has 8 heteroatoms. The minimum atomic E-state index is -1.07. The van der Waals surface area contributed by atoms with Crippen LogP contribution in [0.2, 0.25) is 0 Å². The Morgan fingerprint density at radius 2 is 2.07 bits per heavy atom. The van der Waals surface area contributed by atoms with Crippen molar-refractivity contribution < 1.29 is 34.0 Å². The molecule has 0 spiro atoms. The van der Waals surface area contributed by atoms with Crippen molar-refractivity contribution in [1.82, 2.24) is 4.90 Å². The second-order valence-corrected chi connectivity index (χ2v) is 7.99. The molecule has 3 aliphatic heterocycles. The molecule has 3 aliphatic rings. The zero-order valence-electron chi connectivity index (χ0n) is 16.1. The number of aliphatic hydroxyl groups is 2. The van der Waals surface area contributed by atoms with E-state index in [1.165, 1.54) is 4.90 Å². The number of benzene rings is 1.